The van der Waals surface area contributed by atoms with E-state index in [-0.39, 0.29) is 23.4 Å². The molecule has 3 rings (SSSR count). The number of ether oxygens (including phenoxy) is 1. The number of thioether (sulfide) groups is 1. The van der Waals surface area contributed by atoms with Crippen LogP contribution < -0.4 is 16.0 Å². The molecule has 1 amide bonds. The van der Waals surface area contributed by atoms with Crippen molar-refractivity contribution in [2.45, 2.75) is 18.1 Å². The van der Waals surface area contributed by atoms with Crippen molar-refractivity contribution in [3.63, 3.8) is 0 Å². The quantitative estimate of drug-likeness (QED) is 0.332. The summed E-state index contributed by atoms with van der Waals surface area (Å²) in [6.07, 6.45) is -0.0464. The van der Waals surface area contributed by atoms with Gasteiger partial charge in [0.05, 0.1) is 19.0 Å². The molecule has 1 fully saturated rings. The fourth-order valence-electron chi connectivity index (χ4n) is 3.67. The van der Waals surface area contributed by atoms with Gasteiger partial charge in [-0.1, -0.05) is 11.8 Å². The fourth-order valence-corrected chi connectivity index (χ4v) is 5.67. The molecule has 0 radical (unpaired) electrons. The molecule has 1 aliphatic rings. The Balaban J connectivity index is 1.66. The average Bonchev–Trinajstić information content (AvgIpc) is 3.17. The zero-order chi connectivity index (χ0) is 25.8. The number of carbonyl (C=O) groups excluding carboxylic acids is 1. The molecule has 15 heteroatoms. The number of morpholine rings is 1. The summed E-state index contributed by atoms with van der Waals surface area (Å²) in [4.78, 5) is 45.8. The summed E-state index contributed by atoms with van der Waals surface area (Å²) in [6, 6.07) is 0. The van der Waals surface area contributed by atoms with Crippen LogP contribution in [0, 0.1) is 0 Å². The first-order chi connectivity index (χ1) is 16.5. The third-order valence-corrected chi connectivity index (χ3v) is 7.92. The van der Waals surface area contributed by atoms with Gasteiger partial charge in [0.15, 0.2) is 16.3 Å². The number of nitrogens with zero attached hydrogens (tertiary/aromatic N) is 6. The van der Waals surface area contributed by atoms with Crippen molar-refractivity contribution >= 4 is 38.9 Å². The second kappa shape index (κ2) is 11.7. The van der Waals surface area contributed by atoms with Gasteiger partial charge in [0.2, 0.25) is 15.9 Å². The Hall–Kier alpha value is -2.20. The van der Waals surface area contributed by atoms with E-state index in [0.29, 0.717) is 56.7 Å². The molecule has 0 bridgehead atoms. The van der Waals surface area contributed by atoms with Crippen LogP contribution in [0.1, 0.15) is 6.42 Å². The zero-order valence-electron chi connectivity index (χ0n) is 20.5. The number of hydrogen-bond acceptors (Lipinski definition) is 10. The number of amides is 1. The summed E-state index contributed by atoms with van der Waals surface area (Å²) in [6.45, 7) is 3.95. The summed E-state index contributed by atoms with van der Waals surface area (Å²) < 4.78 is 36.1. The molecule has 0 aliphatic carbocycles. The molecular formula is C20H33N7O6S2. The number of rotatable bonds is 11. The Labute approximate surface area is 208 Å². The Bertz CT molecular complexity index is 1280. The van der Waals surface area contributed by atoms with E-state index >= 15 is 0 Å². The number of hydrogen-bond donors (Lipinski definition) is 1. The molecule has 2 aromatic heterocycles. The lowest BCUT2D eigenvalue weighted by molar-refractivity contribution is -0.118. The number of nitrogens with one attached hydrogen (secondary N) is 1. The molecule has 2 aromatic rings. The van der Waals surface area contributed by atoms with Crippen molar-refractivity contribution in [1.29, 1.82) is 0 Å². The lowest BCUT2D eigenvalue weighted by atomic mass is 10.4. The van der Waals surface area contributed by atoms with Gasteiger partial charge in [-0.2, -0.15) is 0 Å². The molecule has 1 saturated heterocycles. The molecule has 1 N–H and O–H groups in total. The number of imidazole rings is 1. The van der Waals surface area contributed by atoms with E-state index in [9.17, 15) is 22.8 Å². The Morgan fingerprint density at radius 3 is 2.49 bits per heavy atom. The molecule has 0 spiro atoms. The molecule has 1 aliphatic heterocycles. The minimum absolute atomic E-state index is 0.0464. The first-order valence-electron chi connectivity index (χ1n) is 11.3. The van der Waals surface area contributed by atoms with Crippen LogP contribution in [0.3, 0.4) is 0 Å². The van der Waals surface area contributed by atoms with E-state index in [0.717, 1.165) is 4.57 Å². The van der Waals surface area contributed by atoms with Crippen molar-refractivity contribution in [2.24, 2.45) is 14.1 Å². The van der Waals surface area contributed by atoms with E-state index in [1.807, 2.05) is 23.9 Å². The van der Waals surface area contributed by atoms with Crippen LogP contribution in [0.4, 0.5) is 0 Å². The number of sulfonamides is 1. The number of fused-ring (bicyclic) bond motifs is 1. The van der Waals surface area contributed by atoms with Crippen molar-refractivity contribution in [3.05, 3.63) is 20.8 Å². The standard InChI is InChI=1S/C20H33N7O6S2/c1-23(2)6-7-27-17-16(18(29)25(4)20(30)24(17)3)21-19(27)34-13-5-15(28)22-35(31,32)14-10-26-8-11-33-12-9-26/h5-14H2,1-4H3,(H,22,28). The van der Waals surface area contributed by atoms with Crippen molar-refractivity contribution in [2.75, 3.05) is 65.0 Å². The van der Waals surface area contributed by atoms with Crippen molar-refractivity contribution < 1.29 is 17.9 Å². The summed E-state index contributed by atoms with van der Waals surface area (Å²) in [5, 5.41) is 0.489. The highest BCUT2D eigenvalue weighted by atomic mass is 32.2. The minimum Gasteiger partial charge on any atom is -0.379 e. The molecule has 13 nitrogen and oxygen atoms in total. The second-order valence-electron chi connectivity index (χ2n) is 8.62. The average molecular weight is 532 g/mol. The van der Waals surface area contributed by atoms with Crippen LogP contribution in [0.25, 0.3) is 11.2 Å². The number of likely N-dealkylation sites (N-methyl/N-ethyl adjacent to an activating group) is 1. The number of aromatic nitrogens is 4. The van der Waals surface area contributed by atoms with Gasteiger partial charge < -0.3 is 14.2 Å². The third-order valence-electron chi connectivity index (χ3n) is 5.68. The smallest absolute Gasteiger partial charge is 0.332 e. The van der Waals surface area contributed by atoms with Crippen molar-refractivity contribution in [3.8, 4) is 0 Å². The van der Waals surface area contributed by atoms with Gasteiger partial charge in [0.25, 0.3) is 5.56 Å². The lowest BCUT2D eigenvalue weighted by Crippen LogP contribution is -2.42. The van der Waals surface area contributed by atoms with E-state index < -0.39 is 27.2 Å². The molecule has 0 atom stereocenters. The Kier molecular flexibility index (Phi) is 9.15. The summed E-state index contributed by atoms with van der Waals surface area (Å²) in [5.74, 6) is -0.507. The van der Waals surface area contributed by atoms with Crippen LogP contribution >= 0.6 is 11.8 Å². The Morgan fingerprint density at radius 2 is 1.83 bits per heavy atom. The van der Waals surface area contributed by atoms with Crippen LogP contribution in [0.2, 0.25) is 0 Å². The van der Waals surface area contributed by atoms with Gasteiger partial charge in [-0.3, -0.25) is 28.3 Å². The second-order valence-corrected chi connectivity index (χ2v) is 11.5. The highest BCUT2D eigenvalue weighted by molar-refractivity contribution is 7.99. The van der Waals surface area contributed by atoms with E-state index in [2.05, 4.69) is 9.71 Å². The van der Waals surface area contributed by atoms with Gasteiger partial charge in [0.1, 0.15) is 0 Å². The topological polar surface area (TPSA) is 141 Å². The minimum atomic E-state index is -3.74. The Morgan fingerprint density at radius 1 is 1.14 bits per heavy atom. The van der Waals surface area contributed by atoms with Gasteiger partial charge in [0, 0.05) is 59.0 Å². The van der Waals surface area contributed by atoms with E-state index in [1.165, 1.54) is 23.4 Å². The largest absolute Gasteiger partial charge is 0.379 e. The summed E-state index contributed by atoms with van der Waals surface area (Å²) in [5.41, 5.74) is -0.354. The SMILES string of the molecule is CN(C)CCn1c(SCCC(=O)NS(=O)(=O)CCN2CCOCC2)nc2c(=O)n(C)c(=O)n(C)c21. The molecule has 3 heterocycles. The highest BCUT2D eigenvalue weighted by Crippen LogP contribution is 2.22. The highest BCUT2D eigenvalue weighted by Gasteiger charge is 2.21. The molecule has 196 valence electrons. The first kappa shape index (κ1) is 27.4. The van der Waals surface area contributed by atoms with Crippen LogP contribution in [0.15, 0.2) is 14.7 Å². The van der Waals surface area contributed by atoms with Gasteiger partial charge >= 0.3 is 5.69 Å². The predicted octanol–water partition coefficient (Wildman–Crippen LogP) is -1.74. The molecule has 0 saturated carbocycles. The summed E-state index contributed by atoms with van der Waals surface area (Å²) >= 11 is 1.24. The first-order valence-corrected chi connectivity index (χ1v) is 13.9. The predicted molar refractivity (Wildman–Crippen MR) is 133 cm³/mol. The van der Waals surface area contributed by atoms with E-state index in [1.54, 1.807) is 11.6 Å². The van der Waals surface area contributed by atoms with Gasteiger partial charge in [-0.15, -0.1) is 0 Å². The maximum absolute atomic E-state index is 12.6. The molecule has 0 unspecified atom stereocenters. The van der Waals surface area contributed by atoms with Gasteiger partial charge in [-0.05, 0) is 14.1 Å². The van der Waals surface area contributed by atoms with Gasteiger partial charge in [-0.25, -0.2) is 18.2 Å². The molecule has 0 aromatic carbocycles. The maximum atomic E-state index is 12.6. The maximum Gasteiger partial charge on any atom is 0.332 e. The van der Waals surface area contributed by atoms with E-state index in [4.69, 9.17) is 4.74 Å². The van der Waals surface area contributed by atoms with Crippen molar-refractivity contribution in [1.82, 2.24) is 33.2 Å². The number of carbonyl (C=O) groups is 1. The zero-order valence-corrected chi connectivity index (χ0v) is 22.2. The summed E-state index contributed by atoms with van der Waals surface area (Å²) in [7, 11) is 3.07. The lowest BCUT2D eigenvalue weighted by Gasteiger charge is -2.26. The normalized spacial score (nSPS) is 15.2. The molecular weight excluding hydrogens is 498 g/mol. The van der Waals surface area contributed by atoms with Crippen LogP contribution in [-0.2, 0) is 40.2 Å². The monoisotopic (exact) mass is 531 g/mol. The molecule has 35 heavy (non-hydrogen) atoms. The van der Waals surface area contributed by atoms with Crippen LogP contribution in [0.5, 0.6) is 0 Å². The third kappa shape index (κ3) is 6.94. The van der Waals surface area contributed by atoms with Crippen LogP contribution in [-0.4, -0.2) is 108 Å². The number of aryl methyl sites for hydroxylation is 1. The fraction of sp³-hybridized carbons (Fsp3) is 0.700.